The predicted molar refractivity (Wildman–Crippen MR) is 86.4 cm³/mol. The number of aromatic nitrogens is 2. The zero-order valence-corrected chi connectivity index (χ0v) is 13.2. The summed E-state index contributed by atoms with van der Waals surface area (Å²) in [4.78, 5) is 8.39. The minimum Gasteiger partial charge on any atom is -0.464 e. The van der Waals surface area contributed by atoms with Crippen LogP contribution in [0.15, 0.2) is 28.9 Å². The number of aryl methyl sites for hydroxylation is 1. The summed E-state index contributed by atoms with van der Waals surface area (Å²) in [6, 6.07) is 5.72. The summed E-state index contributed by atoms with van der Waals surface area (Å²) in [5.41, 5.74) is 0. The van der Waals surface area contributed by atoms with Crippen molar-refractivity contribution < 1.29 is 14.3 Å². The van der Waals surface area contributed by atoms with E-state index in [-0.39, 0.29) is 6.04 Å². The monoisotopic (exact) mass is 318 g/mol. The molecule has 7 heteroatoms. The van der Waals surface area contributed by atoms with Gasteiger partial charge >= 0.3 is 0 Å². The van der Waals surface area contributed by atoms with Crippen LogP contribution in [0, 0.1) is 6.92 Å². The average molecular weight is 318 g/mol. The van der Waals surface area contributed by atoms with Crippen molar-refractivity contribution in [1.82, 2.24) is 9.97 Å². The Morgan fingerprint density at radius 1 is 1.35 bits per heavy atom. The van der Waals surface area contributed by atoms with Gasteiger partial charge in [-0.3, -0.25) is 0 Å². The van der Waals surface area contributed by atoms with Gasteiger partial charge in [0.05, 0.1) is 12.6 Å². The van der Waals surface area contributed by atoms with Gasteiger partial charge in [-0.05, 0) is 31.9 Å². The molecule has 0 amide bonds. The van der Waals surface area contributed by atoms with Gasteiger partial charge in [-0.1, -0.05) is 0 Å². The lowest BCUT2D eigenvalue weighted by molar-refractivity contribution is 0.0875. The molecule has 3 heterocycles. The predicted octanol–water partition coefficient (Wildman–Crippen LogP) is 2.11. The molecule has 3 rings (SSSR count). The van der Waals surface area contributed by atoms with Gasteiger partial charge in [0.25, 0.3) is 0 Å². The second kappa shape index (κ2) is 7.43. The zero-order chi connectivity index (χ0) is 16.1. The lowest BCUT2D eigenvalue weighted by Crippen LogP contribution is -2.30. The minimum atomic E-state index is -0.721. The van der Waals surface area contributed by atoms with E-state index in [1.54, 1.807) is 6.07 Å². The molecule has 2 aromatic rings. The summed E-state index contributed by atoms with van der Waals surface area (Å²) >= 11 is 0. The molecular formula is C16H22N4O3. The number of hydrogen-bond acceptors (Lipinski definition) is 7. The molecule has 0 spiro atoms. The fourth-order valence-corrected chi connectivity index (χ4v) is 2.53. The molecule has 124 valence electrons. The number of nitrogens with zero attached hydrogens (tertiary/aromatic N) is 2. The zero-order valence-electron chi connectivity index (χ0n) is 13.2. The lowest BCUT2D eigenvalue weighted by Gasteiger charge is -2.23. The summed E-state index contributed by atoms with van der Waals surface area (Å²) in [6.45, 7) is 3.69. The smallest absolute Gasteiger partial charge is 0.134 e. The Kier molecular flexibility index (Phi) is 5.09. The SMILES string of the molecule is Cc1ccc([C@@H](O)CNc2cc(N[C@H]3CCCOC3)ncn2)o1. The molecule has 3 N–H and O–H groups in total. The van der Waals surface area contributed by atoms with E-state index in [2.05, 4.69) is 20.6 Å². The first kappa shape index (κ1) is 15.8. The third-order valence-corrected chi connectivity index (χ3v) is 3.75. The van der Waals surface area contributed by atoms with E-state index in [9.17, 15) is 5.11 Å². The molecule has 0 bridgehead atoms. The van der Waals surface area contributed by atoms with Gasteiger partial charge in [0.2, 0.25) is 0 Å². The first-order chi connectivity index (χ1) is 11.2. The van der Waals surface area contributed by atoms with Crippen molar-refractivity contribution >= 4 is 11.6 Å². The standard InChI is InChI=1S/C16H22N4O3/c1-11-4-5-14(23-11)13(21)8-17-15-7-16(19-10-18-15)20-12-3-2-6-22-9-12/h4-5,7,10,12-13,21H,2-3,6,8-9H2,1H3,(H2,17,18,19,20)/t12-,13-/m0/s1. The highest BCUT2D eigenvalue weighted by Crippen LogP contribution is 2.18. The number of aliphatic hydroxyl groups is 1. The van der Waals surface area contributed by atoms with E-state index in [0.29, 0.717) is 24.7 Å². The number of aliphatic hydroxyl groups excluding tert-OH is 1. The van der Waals surface area contributed by atoms with Crippen LogP contribution < -0.4 is 10.6 Å². The maximum Gasteiger partial charge on any atom is 0.134 e. The molecule has 2 atom stereocenters. The van der Waals surface area contributed by atoms with Gasteiger partial charge in [0.1, 0.15) is 35.6 Å². The maximum atomic E-state index is 10.1. The molecule has 1 saturated heterocycles. The summed E-state index contributed by atoms with van der Waals surface area (Å²) < 4.78 is 10.9. The minimum absolute atomic E-state index is 0.281. The van der Waals surface area contributed by atoms with Crippen LogP contribution in [0.3, 0.4) is 0 Å². The largest absolute Gasteiger partial charge is 0.464 e. The average Bonchev–Trinajstić information content (AvgIpc) is 3.01. The first-order valence-corrected chi connectivity index (χ1v) is 7.85. The van der Waals surface area contributed by atoms with Crippen LogP contribution in [-0.2, 0) is 4.74 Å². The van der Waals surface area contributed by atoms with Gasteiger partial charge in [-0.2, -0.15) is 0 Å². The van der Waals surface area contributed by atoms with Crippen molar-refractivity contribution in [2.45, 2.75) is 31.9 Å². The molecular weight excluding hydrogens is 296 g/mol. The Bertz CT molecular complexity index is 625. The third-order valence-electron chi connectivity index (χ3n) is 3.75. The van der Waals surface area contributed by atoms with Crippen molar-refractivity contribution in [2.24, 2.45) is 0 Å². The van der Waals surface area contributed by atoms with Crippen LogP contribution in [0.5, 0.6) is 0 Å². The van der Waals surface area contributed by atoms with E-state index in [1.165, 1.54) is 6.33 Å². The van der Waals surface area contributed by atoms with Crippen molar-refractivity contribution in [3.8, 4) is 0 Å². The maximum absolute atomic E-state index is 10.1. The Morgan fingerprint density at radius 3 is 2.96 bits per heavy atom. The molecule has 7 nitrogen and oxygen atoms in total. The van der Waals surface area contributed by atoms with Crippen molar-refractivity contribution in [1.29, 1.82) is 0 Å². The van der Waals surface area contributed by atoms with Gasteiger partial charge < -0.3 is 24.9 Å². The van der Waals surface area contributed by atoms with Crippen molar-refractivity contribution in [2.75, 3.05) is 30.4 Å². The van der Waals surface area contributed by atoms with Crippen LogP contribution in [-0.4, -0.2) is 40.9 Å². The fourth-order valence-electron chi connectivity index (χ4n) is 2.53. The van der Waals surface area contributed by atoms with Gasteiger partial charge in [-0.25, -0.2) is 9.97 Å². The molecule has 0 saturated carbocycles. The highest BCUT2D eigenvalue weighted by molar-refractivity contribution is 5.47. The van der Waals surface area contributed by atoms with E-state index in [0.717, 1.165) is 31.0 Å². The molecule has 2 aromatic heterocycles. The number of anilines is 2. The van der Waals surface area contributed by atoms with Crippen LogP contribution in [0.25, 0.3) is 0 Å². The quantitative estimate of drug-likeness (QED) is 0.751. The number of hydrogen-bond donors (Lipinski definition) is 3. The first-order valence-electron chi connectivity index (χ1n) is 7.85. The molecule has 0 aliphatic carbocycles. The number of furan rings is 1. The molecule has 1 aliphatic heterocycles. The Hall–Kier alpha value is -2.12. The molecule has 0 unspecified atom stereocenters. The van der Waals surface area contributed by atoms with Crippen LogP contribution in [0.1, 0.15) is 30.5 Å². The van der Waals surface area contributed by atoms with E-state index in [1.807, 2.05) is 19.1 Å². The van der Waals surface area contributed by atoms with E-state index in [4.69, 9.17) is 9.15 Å². The Balaban J connectivity index is 1.54. The van der Waals surface area contributed by atoms with Gasteiger partial charge in [-0.15, -0.1) is 0 Å². The van der Waals surface area contributed by atoms with Crippen LogP contribution >= 0.6 is 0 Å². The second-order valence-corrected chi connectivity index (χ2v) is 5.69. The van der Waals surface area contributed by atoms with Gasteiger partial charge in [0, 0.05) is 19.2 Å². The van der Waals surface area contributed by atoms with Crippen LogP contribution in [0.2, 0.25) is 0 Å². The number of ether oxygens (including phenoxy) is 1. The normalized spacial score (nSPS) is 19.3. The fraction of sp³-hybridized carbons (Fsp3) is 0.500. The Morgan fingerprint density at radius 2 is 2.22 bits per heavy atom. The topological polar surface area (TPSA) is 92.4 Å². The van der Waals surface area contributed by atoms with Crippen molar-refractivity contribution in [3.63, 3.8) is 0 Å². The highest BCUT2D eigenvalue weighted by Gasteiger charge is 2.15. The Labute approximate surface area is 135 Å². The highest BCUT2D eigenvalue weighted by atomic mass is 16.5. The molecule has 0 radical (unpaired) electrons. The van der Waals surface area contributed by atoms with Gasteiger partial charge in [0.15, 0.2) is 0 Å². The summed E-state index contributed by atoms with van der Waals surface area (Å²) in [5.74, 6) is 2.73. The summed E-state index contributed by atoms with van der Waals surface area (Å²) in [6.07, 6.45) is 2.91. The molecule has 23 heavy (non-hydrogen) atoms. The summed E-state index contributed by atoms with van der Waals surface area (Å²) in [5, 5.41) is 16.5. The summed E-state index contributed by atoms with van der Waals surface area (Å²) in [7, 11) is 0. The van der Waals surface area contributed by atoms with Crippen LogP contribution in [0.4, 0.5) is 11.6 Å². The van der Waals surface area contributed by atoms with Crippen molar-refractivity contribution in [3.05, 3.63) is 36.0 Å². The number of rotatable bonds is 6. The lowest BCUT2D eigenvalue weighted by atomic mass is 10.1. The molecule has 1 fully saturated rings. The van der Waals surface area contributed by atoms with E-state index >= 15 is 0 Å². The number of nitrogens with one attached hydrogen (secondary N) is 2. The molecule has 1 aliphatic rings. The third kappa shape index (κ3) is 4.43. The second-order valence-electron chi connectivity index (χ2n) is 5.69. The molecule has 0 aromatic carbocycles. The van der Waals surface area contributed by atoms with E-state index < -0.39 is 6.10 Å².